The molecule has 2 aliphatic rings. The van der Waals surface area contributed by atoms with Crippen molar-refractivity contribution in [3.8, 4) is 0 Å². The van der Waals surface area contributed by atoms with Crippen molar-refractivity contribution in [2.24, 2.45) is 0 Å². The Labute approximate surface area is 159 Å². The lowest BCUT2D eigenvalue weighted by atomic mass is 10.1. The standard InChI is InChI=1S/C20H23N3O3S/c1-15-4-2-3-5-16(15)14-27(25,26)23-10-8-22(9-11-23)18-6-7-19-17(12-18)13-20(24)21-19/h2-7,12H,8-11,13-14H2,1H3,(H,21,24). The van der Waals surface area contributed by atoms with Crippen LogP contribution in [-0.4, -0.2) is 44.8 Å². The van der Waals surface area contributed by atoms with Crippen LogP contribution in [0, 0.1) is 6.92 Å². The Kier molecular flexibility index (Phi) is 4.65. The summed E-state index contributed by atoms with van der Waals surface area (Å²) >= 11 is 0. The number of rotatable bonds is 4. The van der Waals surface area contributed by atoms with Crippen molar-refractivity contribution < 1.29 is 13.2 Å². The molecule has 1 saturated heterocycles. The number of hydrogen-bond donors (Lipinski definition) is 1. The molecule has 2 heterocycles. The zero-order valence-corrected chi connectivity index (χ0v) is 16.1. The Morgan fingerprint density at radius 2 is 1.78 bits per heavy atom. The van der Waals surface area contributed by atoms with Gasteiger partial charge in [0, 0.05) is 37.6 Å². The summed E-state index contributed by atoms with van der Waals surface area (Å²) in [5.41, 5.74) is 4.79. The molecule has 0 radical (unpaired) electrons. The predicted molar refractivity (Wildman–Crippen MR) is 106 cm³/mol. The van der Waals surface area contributed by atoms with Crippen LogP contribution in [0.5, 0.6) is 0 Å². The molecule has 27 heavy (non-hydrogen) atoms. The van der Waals surface area contributed by atoms with Gasteiger partial charge in [0.25, 0.3) is 0 Å². The fourth-order valence-corrected chi connectivity index (χ4v) is 5.32. The molecule has 2 aliphatic heterocycles. The van der Waals surface area contributed by atoms with Crippen molar-refractivity contribution in [2.75, 3.05) is 36.4 Å². The number of benzene rings is 2. The van der Waals surface area contributed by atoms with Gasteiger partial charge in [-0.25, -0.2) is 8.42 Å². The Hall–Kier alpha value is -2.38. The van der Waals surface area contributed by atoms with E-state index in [9.17, 15) is 13.2 Å². The molecule has 4 rings (SSSR count). The van der Waals surface area contributed by atoms with Gasteiger partial charge in [-0.2, -0.15) is 4.31 Å². The molecule has 0 spiro atoms. The van der Waals surface area contributed by atoms with Crippen molar-refractivity contribution in [1.82, 2.24) is 4.31 Å². The third-order valence-corrected chi connectivity index (χ3v) is 7.14. The predicted octanol–water partition coefficient (Wildman–Crippen LogP) is 2.14. The molecule has 0 aliphatic carbocycles. The summed E-state index contributed by atoms with van der Waals surface area (Å²) in [6.07, 6.45) is 0.411. The minimum absolute atomic E-state index is 0.0225. The van der Waals surface area contributed by atoms with Crippen molar-refractivity contribution in [3.05, 3.63) is 59.2 Å². The Morgan fingerprint density at radius 3 is 2.52 bits per heavy atom. The van der Waals surface area contributed by atoms with Crippen LogP contribution in [0.15, 0.2) is 42.5 Å². The summed E-state index contributed by atoms with van der Waals surface area (Å²) in [7, 11) is -3.33. The third-order valence-electron chi connectivity index (χ3n) is 5.31. The van der Waals surface area contributed by atoms with Gasteiger partial charge in [0.1, 0.15) is 0 Å². The number of amides is 1. The average Bonchev–Trinajstić information content (AvgIpc) is 3.03. The van der Waals surface area contributed by atoms with Crippen LogP contribution in [0.2, 0.25) is 0 Å². The molecule has 0 atom stereocenters. The number of anilines is 2. The van der Waals surface area contributed by atoms with Gasteiger partial charge in [-0.15, -0.1) is 0 Å². The Balaban J connectivity index is 1.42. The van der Waals surface area contributed by atoms with Crippen molar-refractivity contribution in [3.63, 3.8) is 0 Å². The van der Waals surface area contributed by atoms with E-state index in [2.05, 4.69) is 10.2 Å². The van der Waals surface area contributed by atoms with E-state index in [1.165, 1.54) is 0 Å². The first-order valence-electron chi connectivity index (χ1n) is 9.12. The van der Waals surface area contributed by atoms with Crippen LogP contribution in [0.1, 0.15) is 16.7 Å². The summed E-state index contributed by atoms with van der Waals surface area (Å²) in [4.78, 5) is 13.7. The summed E-state index contributed by atoms with van der Waals surface area (Å²) < 4.78 is 27.2. The second-order valence-electron chi connectivity index (χ2n) is 7.14. The van der Waals surface area contributed by atoms with E-state index >= 15 is 0 Å². The lowest BCUT2D eigenvalue weighted by molar-refractivity contribution is -0.115. The van der Waals surface area contributed by atoms with Crippen LogP contribution < -0.4 is 10.2 Å². The largest absolute Gasteiger partial charge is 0.369 e. The van der Waals surface area contributed by atoms with Gasteiger partial charge in [0.15, 0.2) is 0 Å². The van der Waals surface area contributed by atoms with E-state index < -0.39 is 10.0 Å². The maximum absolute atomic E-state index is 12.8. The van der Waals surface area contributed by atoms with Crippen LogP contribution in [0.25, 0.3) is 0 Å². The number of hydrogen-bond acceptors (Lipinski definition) is 4. The summed E-state index contributed by atoms with van der Waals surface area (Å²) in [5, 5.41) is 2.84. The molecule has 0 saturated carbocycles. The van der Waals surface area contributed by atoms with E-state index in [4.69, 9.17) is 0 Å². The van der Waals surface area contributed by atoms with Crippen molar-refractivity contribution in [2.45, 2.75) is 19.1 Å². The normalized spacial score (nSPS) is 17.7. The molecule has 1 N–H and O–H groups in total. The lowest BCUT2D eigenvalue weighted by Crippen LogP contribution is -2.49. The van der Waals surface area contributed by atoms with Gasteiger partial charge in [0.05, 0.1) is 12.2 Å². The Bertz CT molecular complexity index is 980. The number of piperazine rings is 1. The quantitative estimate of drug-likeness (QED) is 0.876. The molecule has 1 amide bonds. The van der Waals surface area contributed by atoms with Crippen LogP contribution in [0.3, 0.4) is 0 Å². The molecule has 0 aromatic heterocycles. The first-order valence-corrected chi connectivity index (χ1v) is 10.7. The van der Waals surface area contributed by atoms with Gasteiger partial charge in [-0.1, -0.05) is 24.3 Å². The lowest BCUT2D eigenvalue weighted by Gasteiger charge is -2.35. The molecule has 0 unspecified atom stereocenters. The van der Waals surface area contributed by atoms with Gasteiger partial charge >= 0.3 is 0 Å². The number of carbonyl (C=O) groups is 1. The zero-order valence-electron chi connectivity index (χ0n) is 15.3. The molecular weight excluding hydrogens is 362 g/mol. The molecular formula is C20H23N3O3S. The highest BCUT2D eigenvalue weighted by atomic mass is 32.2. The highest BCUT2D eigenvalue weighted by molar-refractivity contribution is 7.88. The highest BCUT2D eigenvalue weighted by Gasteiger charge is 2.28. The van der Waals surface area contributed by atoms with E-state index in [1.807, 2.05) is 49.4 Å². The number of nitrogens with zero attached hydrogens (tertiary/aromatic N) is 2. The molecule has 6 nitrogen and oxygen atoms in total. The summed E-state index contributed by atoms with van der Waals surface area (Å²) in [5.74, 6) is 0.0704. The van der Waals surface area contributed by atoms with E-state index in [1.54, 1.807) is 4.31 Å². The molecule has 1 fully saturated rings. The van der Waals surface area contributed by atoms with Gasteiger partial charge in [0.2, 0.25) is 15.9 Å². The van der Waals surface area contributed by atoms with Crippen molar-refractivity contribution in [1.29, 1.82) is 0 Å². The number of sulfonamides is 1. The second kappa shape index (κ2) is 6.98. The van der Waals surface area contributed by atoms with Crippen LogP contribution in [0.4, 0.5) is 11.4 Å². The highest BCUT2D eigenvalue weighted by Crippen LogP contribution is 2.29. The minimum Gasteiger partial charge on any atom is -0.369 e. The minimum atomic E-state index is -3.33. The number of nitrogens with one attached hydrogen (secondary N) is 1. The molecule has 2 aromatic rings. The first-order chi connectivity index (χ1) is 12.9. The number of aryl methyl sites for hydroxylation is 1. The van der Waals surface area contributed by atoms with Crippen LogP contribution >= 0.6 is 0 Å². The first kappa shape index (κ1) is 18.0. The third kappa shape index (κ3) is 3.70. The van der Waals surface area contributed by atoms with Crippen molar-refractivity contribution >= 4 is 27.3 Å². The van der Waals surface area contributed by atoms with E-state index in [-0.39, 0.29) is 11.7 Å². The molecule has 2 aromatic carbocycles. The van der Waals surface area contributed by atoms with Gasteiger partial charge in [-0.3, -0.25) is 4.79 Å². The average molecular weight is 385 g/mol. The molecule has 0 bridgehead atoms. The molecule has 142 valence electrons. The second-order valence-corrected chi connectivity index (χ2v) is 9.10. The van der Waals surface area contributed by atoms with Crippen LogP contribution in [-0.2, 0) is 27.0 Å². The fourth-order valence-electron chi connectivity index (χ4n) is 3.70. The maximum atomic E-state index is 12.8. The van der Waals surface area contributed by atoms with E-state index in [0.717, 1.165) is 28.1 Å². The summed E-state index contributed by atoms with van der Waals surface area (Å²) in [6, 6.07) is 13.6. The maximum Gasteiger partial charge on any atom is 0.228 e. The Morgan fingerprint density at radius 1 is 1.04 bits per heavy atom. The van der Waals surface area contributed by atoms with Gasteiger partial charge < -0.3 is 10.2 Å². The topological polar surface area (TPSA) is 69.7 Å². The number of carbonyl (C=O) groups excluding carboxylic acids is 1. The zero-order chi connectivity index (χ0) is 19.0. The smallest absolute Gasteiger partial charge is 0.228 e. The number of fused-ring (bicyclic) bond motifs is 1. The van der Waals surface area contributed by atoms with Gasteiger partial charge in [-0.05, 0) is 41.8 Å². The van der Waals surface area contributed by atoms with E-state index in [0.29, 0.717) is 32.6 Å². The monoisotopic (exact) mass is 385 g/mol. The fraction of sp³-hybridized carbons (Fsp3) is 0.350. The molecule has 7 heteroatoms. The SMILES string of the molecule is Cc1ccccc1CS(=O)(=O)N1CCN(c2ccc3c(c2)CC(=O)N3)CC1. The summed E-state index contributed by atoms with van der Waals surface area (Å²) in [6.45, 7) is 4.18.